The predicted octanol–water partition coefficient (Wildman–Crippen LogP) is 4.47. The van der Waals surface area contributed by atoms with Gasteiger partial charge in [0.05, 0.1) is 35.8 Å². The highest BCUT2D eigenvalue weighted by Gasteiger charge is 2.18. The van der Waals surface area contributed by atoms with Gasteiger partial charge in [-0.2, -0.15) is 10.2 Å². The lowest BCUT2D eigenvalue weighted by molar-refractivity contribution is 0.417. The van der Waals surface area contributed by atoms with Crippen LogP contribution in [0.25, 0.3) is 33.5 Å². The van der Waals surface area contributed by atoms with Gasteiger partial charge in [0.15, 0.2) is 5.65 Å². The largest absolute Gasteiger partial charge is 0.495 e. The van der Waals surface area contributed by atoms with Gasteiger partial charge in [-0.15, -0.1) is 0 Å². The fraction of sp³-hybridized carbons (Fsp3) is 0.0909. The van der Waals surface area contributed by atoms with Crippen molar-refractivity contribution in [2.75, 3.05) is 12.4 Å². The van der Waals surface area contributed by atoms with Gasteiger partial charge in [-0.1, -0.05) is 36.4 Å². The van der Waals surface area contributed by atoms with Crippen LogP contribution in [0.3, 0.4) is 0 Å². The summed E-state index contributed by atoms with van der Waals surface area (Å²) < 4.78 is 5.58. The first-order valence-corrected chi connectivity index (χ1v) is 9.44. The smallest absolute Gasteiger partial charge is 0.186 e. The maximum Gasteiger partial charge on any atom is 0.186 e. The number of fused-ring (bicyclic) bond motifs is 1. The number of aromatic amines is 2. The van der Waals surface area contributed by atoms with Crippen molar-refractivity contribution in [3.05, 3.63) is 66.6 Å². The number of benzene rings is 2. The van der Waals surface area contributed by atoms with E-state index in [1.165, 1.54) is 6.33 Å². The van der Waals surface area contributed by atoms with Gasteiger partial charge in [0, 0.05) is 0 Å². The third-order valence-corrected chi connectivity index (χ3v) is 4.99. The topological polar surface area (TPSA) is 104 Å². The van der Waals surface area contributed by atoms with Gasteiger partial charge in [-0.05, 0) is 35.7 Å². The number of H-pyrrole nitrogens is 2. The standard InChI is InChI=1S/C22H19N7O/c1-13-11-25-27-19(13)20-18-21(23-12-24-22(18)29-28-20)26-16-10-15(8-9-17(16)30-2)14-6-4-3-5-7-14/h3-12H,1-2H3,(H,25,27)(H2,23,24,26,28,29). The molecule has 5 aromatic rings. The molecule has 2 aromatic carbocycles. The van der Waals surface area contributed by atoms with E-state index in [2.05, 4.69) is 47.8 Å². The van der Waals surface area contributed by atoms with Gasteiger partial charge < -0.3 is 10.1 Å². The van der Waals surface area contributed by atoms with Crippen LogP contribution in [0.5, 0.6) is 5.75 Å². The third-order valence-electron chi connectivity index (χ3n) is 4.99. The first kappa shape index (κ1) is 17.9. The molecule has 0 bridgehead atoms. The zero-order valence-electron chi connectivity index (χ0n) is 16.5. The molecular weight excluding hydrogens is 378 g/mol. The van der Waals surface area contributed by atoms with Crippen molar-refractivity contribution in [3.8, 4) is 28.3 Å². The average molecular weight is 397 g/mol. The Kier molecular flexibility index (Phi) is 4.36. The molecule has 8 nitrogen and oxygen atoms in total. The molecule has 0 aliphatic rings. The lowest BCUT2D eigenvalue weighted by Crippen LogP contribution is -1.99. The summed E-state index contributed by atoms with van der Waals surface area (Å²) in [5.74, 6) is 1.34. The molecule has 30 heavy (non-hydrogen) atoms. The van der Waals surface area contributed by atoms with Crippen LogP contribution < -0.4 is 10.1 Å². The Morgan fingerprint density at radius 3 is 2.57 bits per heavy atom. The molecule has 0 atom stereocenters. The first-order chi connectivity index (χ1) is 14.7. The van der Waals surface area contributed by atoms with E-state index in [-0.39, 0.29) is 0 Å². The van der Waals surface area contributed by atoms with E-state index in [1.54, 1.807) is 13.3 Å². The summed E-state index contributed by atoms with van der Waals surface area (Å²) in [6, 6.07) is 16.2. The highest BCUT2D eigenvalue weighted by molar-refractivity contribution is 5.99. The van der Waals surface area contributed by atoms with E-state index in [1.807, 2.05) is 43.3 Å². The van der Waals surface area contributed by atoms with E-state index in [0.29, 0.717) is 17.2 Å². The molecule has 0 saturated carbocycles. The van der Waals surface area contributed by atoms with Crippen molar-refractivity contribution in [2.24, 2.45) is 0 Å². The van der Waals surface area contributed by atoms with Crippen LogP contribution in [-0.4, -0.2) is 37.5 Å². The number of aryl methyl sites for hydroxylation is 1. The van der Waals surface area contributed by atoms with Crippen molar-refractivity contribution < 1.29 is 4.74 Å². The van der Waals surface area contributed by atoms with Gasteiger partial charge in [-0.25, -0.2) is 9.97 Å². The molecule has 5 rings (SSSR count). The number of nitrogens with one attached hydrogen (secondary N) is 3. The van der Waals surface area contributed by atoms with E-state index in [4.69, 9.17) is 4.74 Å². The molecule has 148 valence electrons. The van der Waals surface area contributed by atoms with Crippen LogP contribution in [0.1, 0.15) is 5.56 Å². The molecule has 0 fully saturated rings. The third kappa shape index (κ3) is 3.04. The summed E-state index contributed by atoms with van der Waals surface area (Å²) in [6.45, 7) is 1.98. The van der Waals surface area contributed by atoms with Crippen LogP contribution in [0.2, 0.25) is 0 Å². The van der Waals surface area contributed by atoms with Crippen molar-refractivity contribution in [1.29, 1.82) is 0 Å². The number of hydrogen-bond acceptors (Lipinski definition) is 6. The minimum absolute atomic E-state index is 0.565. The van der Waals surface area contributed by atoms with E-state index >= 15 is 0 Å². The minimum Gasteiger partial charge on any atom is -0.495 e. The monoisotopic (exact) mass is 397 g/mol. The van der Waals surface area contributed by atoms with Crippen LogP contribution in [0.15, 0.2) is 61.1 Å². The number of hydrogen-bond donors (Lipinski definition) is 3. The molecule has 0 aliphatic heterocycles. The normalized spacial score (nSPS) is 11.0. The maximum absolute atomic E-state index is 5.58. The van der Waals surface area contributed by atoms with Crippen LogP contribution in [0, 0.1) is 6.92 Å². The second-order valence-electron chi connectivity index (χ2n) is 6.85. The van der Waals surface area contributed by atoms with Gasteiger partial charge in [0.2, 0.25) is 0 Å². The van der Waals surface area contributed by atoms with Crippen molar-refractivity contribution in [2.45, 2.75) is 6.92 Å². The number of methoxy groups -OCH3 is 1. The number of rotatable bonds is 5. The van der Waals surface area contributed by atoms with Crippen molar-refractivity contribution in [1.82, 2.24) is 30.4 Å². The summed E-state index contributed by atoms with van der Waals surface area (Å²) in [5.41, 5.74) is 6.18. The minimum atomic E-state index is 0.565. The SMILES string of the molecule is COc1ccc(-c2ccccc2)cc1Nc1ncnc2n[nH]c(-c3[nH]ncc3C)c12. The van der Waals surface area contributed by atoms with Crippen molar-refractivity contribution >= 4 is 22.5 Å². The van der Waals surface area contributed by atoms with Gasteiger partial charge in [0.1, 0.15) is 17.9 Å². The van der Waals surface area contributed by atoms with Gasteiger partial charge in [-0.3, -0.25) is 10.2 Å². The second kappa shape index (κ2) is 7.32. The molecule has 3 heterocycles. The number of anilines is 2. The zero-order chi connectivity index (χ0) is 20.5. The molecular formula is C22H19N7O. The summed E-state index contributed by atoms with van der Waals surface area (Å²) in [5, 5.41) is 18.7. The van der Waals surface area contributed by atoms with E-state index in [0.717, 1.165) is 39.2 Å². The highest BCUT2D eigenvalue weighted by Crippen LogP contribution is 2.36. The molecule has 0 spiro atoms. The molecule has 0 amide bonds. The molecule has 8 heteroatoms. The Hall–Kier alpha value is -4.20. The Bertz CT molecular complexity index is 1320. The molecule has 3 N–H and O–H groups in total. The predicted molar refractivity (Wildman–Crippen MR) is 116 cm³/mol. The Morgan fingerprint density at radius 2 is 1.80 bits per heavy atom. The molecule has 0 saturated heterocycles. The maximum atomic E-state index is 5.58. The second-order valence-corrected chi connectivity index (χ2v) is 6.85. The quantitative estimate of drug-likeness (QED) is 0.404. The summed E-state index contributed by atoms with van der Waals surface area (Å²) in [7, 11) is 1.65. The molecule has 0 radical (unpaired) electrons. The van der Waals surface area contributed by atoms with Gasteiger partial charge >= 0.3 is 0 Å². The average Bonchev–Trinajstić information content (AvgIpc) is 3.40. The lowest BCUT2D eigenvalue weighted by Gasteiger charge is -2.13. The Morgan fingerprint density at radius 1 is 0.933 bits per heavy atom. The Labute approximate surface area is 172 Å². The highest BCUT2D eigenvalue weighted by atomic mass is 16.5. The zero-order valence-corrected chi connectivity index (χ0v) is 16.5. The summed E-state index contributed by atoms with van der Waals surface area (Å²) >= 11 is 0. The van der Waals surface area contributed by atoms with E-state index in [9.17, 15) is 0 Å². The summed E-state index contributed by atoms with van der Waals surface area (Å²) in [4.78, 5) is 8.77. The van der Waals surface area contributed by atoms with Crippen molar-refractivity contribution in [3.63, 3.8) is 0 Å². The molecule has 0 unspecified atom stereocenters. The Balaban J connectivity index is 1.63. The fourth-order valence-corrected chi connectivity index (χ4v) is 3.47. The number of nitrogens with zero attached hydrogens (tertiary/aromatic N) is 4. The van der Waals surface area contributed by atoms with E-state index < -0.39 is 0 Å². The summed E-state index contributed by atoms with van der Waals surface area (Å²) in [6.07, 6.45) is 3.26. The lowest BCUT2D eigenvalue weighted by atomic mass is 10.0. The molecule has 0 aliphatic carbocycles. The number of aromatic nitrogens is 6. The van der Waals surface area contributed by atoms with Crippen LogP contribution >= 0.6 is 0 Å². The molecule has 3 aromatic heterocycles. The van der Waals surface area contributed by atoms with Crippen LogP contribution in [0.4, 0.5) is 11.5 Å². The number of ether oxygens (including phenoxy) is 1. The van der Waals surface area contributed by atoms with Gasteiger partial charge in [0.25, 0.3) is 0 Å². The first-order valence-electron chi connectivity index (χ1n) is 9.44. The van der Waals surface area contributed by atoms with Crippen LogP contribution in [-0.2, 0) is 0 Å². The fourth-order valence-electron chi connectivity index (χ4n) is 3.47.